The Bertz CT molecular complexity index is 1050. The van der Waals surface area contributed by atoms with Gasteiger partial charge in [-0.2, -0.15) is 4.99 Å². The molecule has 0 radical (unpaired) electrons. The largest absolute Gasteiger partial charge is 0.348 e. The molecule has 0 saturated carbocycles. The molecule has 2 aliphatic rings. The van der Waals surface area contributed by atoms with E-state index in [-0.39, 0.29) is 11.9 Å². The minimum Gasteiger partial charge on any atom is -0.348 e. The number of thioether (sulfide) groups is 1. The standard InChI is InChI=1S/C25H23N3OS2/c29-24-22(18-21-12-7-17-30-21)31-25(26-24)28-15-13-27(14-16-28)23(19-8-3-1-4-9-19)20-10-5-2-6-11-20/h1-12,17-18,23H,13-16H2. The molecule has 5 rings (SSSR count). The average molecular weight is 446 g/mol. The van der Waals surface area contributed by atoms with Gasteiger partial charge in [0.2, 0.25) is 0 Å². The third kappa shape index (κ3) is 4.51. The molecule has 2 aromatic carbocycles. The number of hydrogen-bond donors (Lipinski definition) is 0. The van der Waals surface area contributed by atoms with E-state index in [1.54, 1.807) is 11.3 Å². The Balaban J connectivity index is 1.29. The van der Waals surface area contributed by atoms with Crippen LogP contribution in [0.15, 0.2) is 88.1 Å². The number of amidine groups is 1. The van der Waals surface area contributed by atoms with Crippen LogP contribution in [-0.4, -0.2) is 47.1 Å². The highest BCUT2D eigenvalue weighted by Crippen LogP contribution is 2.33. The molecule has 31 heavy (non-hydrogen) atoms. The number of benzene rings is 2. The molecule has 0 atom stereocenters. The summed E-state index contributed by atoms with van der Waals surface area (Å²) in [5.74, 6) is -0.123. The first kappa shape index (κ1) is 20.2. The number of aliphatic imine (C=N–C) groups is 1. The van der Waals surface area contributed by atoms with Gasteiger partial charge in [0, 0.05) is 31.1 Å². The van der Waals surface area contributed by atoms with E-state index < -0.39 is 0 Å². The third-order valence-electron chi connectivity index (χ3n) is 5.61. The quantitative estimate of drug-likeness (QED) is 0.522. The third-order valence-corrected chi connectivity index (χ3v) is 7.47. The van der Waals surface area contributed by atoms with Gasteiger partial charge in [0.25, 0.3) is 5.91 Å². The van der Waals surface area contributed by atoms with Crippen molar-refractivity contribution in [1.82, 2.24) is 9.80 Å². The van der Waals surface area contributed by atoms with Gasteiger partial charge < -0.3 is 4.90 Å². The van der Waals surface area contributed by atoms with Gasteiger partial charge in [0.05, 0.1) is 10.9 Å². The van der Waals surface area contributed by atoms with E-state index in [0.29, 0.717) is 4.91 Å². The predicted octanol–water partition coefficient (Wildman–Crippen LogP) is 5.13. The zero-order valence-electron chi connectivity index (χ0n) is 17.1. The summed E-state index contributed by atoms with van der Waals surface area (Å²) in [4.78, 5) is 23.3. The van der Waals surface area contributed by atoms with Crippen LogP contribution in [0.2, 0.25) is 0 Å². The number of piperazine rings is 1. The van der Waals surface area contributed by atoms with E-state index in [0.717, 1.165) is 36.2 Å². The van der Waals surface area contributed by atoms with Gasteiger partial charge in [-0.05, 0) is 40.4 Å². The smallest absolute Gasteiger partial charge is 0.286 e. The van der Waals surface area contributed by atoms with Gasteiger partial charge in [-0.3, -0.25) is 9.69 Å². The first-order valence-electron chi connectivity index (χ1n) is 10.4. The van der Waals surface area contributed by atoms with Crippen molar-refractivity contribution in [3.8, 4) is 0 Å². The maximum absolute atomic E-state index is 12.4. The van der Waals surface area contributed by atoms with Gasteiger partial charge in [-0.15, -0.1) is 11.3 Å². The molecule has 1 fully saturated rings. The van der Waals surface area contributed by atoms with Gasteiger partial charge in [0.15, 0.2) is 5.17 Å². The summed E-state index contributed by atoms with van der Waals surface area (Å²) in [7, 11) is 0. The SMILES string of the molecule is O=C1N=C(N2CCN(C(c3ccccc3)c3ccccc3)CC2)SC1=Cc1cccs1. The first-order chi connectivity index (χ1) is 15.3. The molecule has 1 saturated heterocycles. The minimum atomic E-state index is -0.123. The van der Waals surface area contributed by atoms with Crippen LogP contribution in [0.3, 0.4) is 0 Å². The Morgan fingerprint density at radius 1 is 0.839 bits per heavy atom. The number of carbonyl (C=O) groups excluding carboxylic acids is 1. The Morgan fingerprint density at radius 3 is 2.06 bits per heavy atom. The highest BCUT2D eigenvalue weighted by atomic mass is 32.2. The van der Waals surface area contributed by atoms with Crippen LogP contribution in [0.4, 0.5) is 0 Å². The van der Waals surface area contributed by atoms with Crippen molar-refractivity contribution in [1.29, 1.82) is 0 Å². The maximum atomic E-state index is 12.4. The van der Waals surface area contributed by atoms with Crippen molar-refractivity contribution in [2.24, 2.45) is 4.99 Å². The fourth-order valence-electron chi connectivity index (χ4n) is 4.09. The van der Waals surface area contributed by atoms with Crippen molar-refractivity contribution in [2.45, 2.75) is 6.04 Å². The van der Waals surface area contributed by atoms with Crippen LogP contribution < -0.4 is 0 Å². The minimum absolute atomic E-state index is 0.123. The van der Waals surface area contributed by atoms with E-state index in [4.69, 9.17) is 0 Å². The summed E-state index contributed by atoms with van der Waals surface area (Å²) in [6.45, 7) is 3.57. The fourth-order valence-corrected chi connectivity index (χ4v) is 5.78. The molecule has 0 aliphatic carbocycles. The number of rotatable bonds is 4. The Hall–Kier alpha value is -2.67. The highest BCUT2D eigenvalue weighted by molar-refractivity contribution is 8.18. The zero-order valence-corrected chi connectivity index (χ0v) is 18.7. The summed E-state index contributed by atoms with van der Waals surface area (Å²) >= 11 is 3.14. The predicted molar refractivity (Wildman–Crippen MR) is 130 cm³/mol. The monoisotopic (exact) mass is 445 g/mol. The lowest BCUT2D eigenvalue weighted by Gasteiger charge is -2.40. The number of thiophene rings is 1. The van der Waals surface area contributed by atoms with E-state index in [2.05, 4.69) is 75.5 Å². The van der Waals surface area contributed by atoms with Gasteiger partial charge in [0.1, 0.15) is 0 Å². The average Bonchev–Trinajstić information content (AvgIpc) is 3.46. The second-order valence-electron chi connectivity index (χ2n) is 7.57. The molecule has 0 bridgehead atoms. The second-order valence-corrected chi connectivity index (χ2v) is 9.56. The number of hydrogen-bond acceptors (Lipinski definition) is 5. The highest BCUT2D eigenvalue weighted by Gasteiger charge is 2.31. The Morgan fingerprint density at radius 2 is 1.48 bits per heavy atom. The summed E-state index contributed by atoms with van der Waals surface area (Å²) in [5.41, 5.74) is 2.62. The molecule has 0 unspecified atom stereocenters. The molecule has 3 aromatic rings. The topological polar surface area (TPSA) is 35.9 Å². The van der Waals surface area contributed by atoms with Crippen LogP contribution in [0.25, 0.3) is 6.08 Å². The summed E-state index contributed by atoms with van der Waals surface area (Å²) in [6, 6.07) is 25.7. The van der Waals surface area contributed by atoms with Crippen LogP contribution in [0.5, 0.6) is 0 Å². The van der Waals surface area contributed by atoms with E-state index in [1.165, 1.54) is 22.9 Å². The van der Waals surface area contributed by atoms with Gasteiger partial charge in [-0.25, -0.2) is 0 Å². The van der Waals surface area contributed by atoms with Crippen molar-refractivity contribution < 1.29 is 4.79 Å². The number of amides is 1. The van der Waals surface area contributed by atoms with E-state index >= 15 is 0 Å². The first-order valence-corrected chi connectivity index (χ1v) is 12.1. The Kier molecular flexibility index (Phi) is 6.02. The number of nitrogens with zero attached hydrogens (tertiary/aromatic N) is 3. The molecule has 1 aromatic heterocycles. The normalized spacial score (nSPS) is 18.7. The van der Waals surface area contributed by atoms with Crippen LogP contribution in [0.1, 0.15) is 22.0 Å². The van der Waals surface area contributed by atoms with Crippen LogP contribution >= 0.6 is 23.1 Å². The number of carbonyl (C=O) groups is 1. The lowest BCUT2D eigenvalue weighted by atomic mass is 9.96. The van der Waals surface area contributed by atoms with Gasteiger partial charge in [-0.1, -0.05) is 66.7 Å². The zero-order chi connectivity index (χ0) is 21.0. The molecule has 3 heterocycles. The molecule has 2 aliphatic heterocycles. The van der Waals surface area contributed by atoms with Crippen LogP contribution in [0, 0.1) is 0 Å². The molecule has 0 spiro atoms. The fraction of sp³-hybridized carbons (Fsp3) is 0.200. The molecular formula is C25H23N3OS2. The van der Waals surface area contributed by atoms with E-state index in [9.17, 15) is 4.79 Å². The van der Waals surface area contributed by atoms with Crippen molar-refractivity contribution in [2.75, 3.05) is 26.2 Å². The summed E-state index contributed by atoms with van der Waals surface area (Å²) < 4.78 is 0. The molecule has 6 heteroatoms. The van der Waals surface area contributed by atoms with Crippen LogP contribution in [-0.2, 0) is 4.79 Å². The molecule has 0 N–H and O–H groups in total. The van der Waals surface area contributed by atoms with Crippen molar-refractivity contribution >= 4 is 40.2 Å². The van der Waals surface area contributed by atoms with Gasteiger partial charge >= 0.3 is 0 Å². The molecular weight excluding hydrogens is 422 g/mol. The molecule has 1 amide bonds. The maximum Gasteiger partial charge on any atom is 0.286 e. The van der Waals surface area contributed by atoms with Crippen molar-refractivity contribution in [3.63, 3.8) is 0 Å². The van der Waals surface area contributed by atoms with E-state index in [1.807, 2.05) is 23.6 Å². The molecule has 4 nitrogen and oxygen atoms in total. The van der Waals surface area contributed by atoms with Crippen molar-refractivity contribution in [3.05, 3.63) is 99.1 Å². The Labute approximate surface area is 190 Å². The molecule has 156 valence electrons. The second kappa shape index (κ2) is 9.22. The lowest BCUT2D eigenvalue weighted by Crippen LogP contribution is -2.49. The summed E-state index contributed by atoms with van der Waals surface area (Å²) in [5, 5.41) is 2.86. The lowest BCUT2D eigenvalue weighted by molar-refractivity contribution is -0.113. The summed E-state index contributed by atoms with van der Waals surface area (Å²) in [6.07, 6.45) is 1.95.